The lowest BCUT2D eigenvalue weighted by molar-refractivity contribution is 0.445. The fraction of sp³-hybridized carbons (Fsp3) is 0.294. The summed E-state index contributed by atoms with van der Waals surface area (Å²) in [6, 6.07) is 36.5. The largest absolute Gasteiger partial charge is 0.507 e. The molecular formula is C51H55N3O2Si. The van der Waals surface area contributed by atoms with E-state index in [1.165, 1.54) is 21.9 Å². The quantitative estimate of drug-likeness (QED) is 0.164. The number of rotatable bonds is 7. The summed E-state index contributed by atoms with van der Waals surface area (Å²) < 4.78 is 9.01. The second kappa shape index (κ2) is 13.9. The predicted molar refractivity (Wildman–Crippen MR) is 243 cm³/mol. The molecule has 0 saturated heterocycles. The highest BCUT2D eigenvalue weighted by molar-refractivity contribution is 6.89. The Bertz CT molecular complexity index is 2810. The van der Waals surface area contributed by atoms with Crippen LogP contribution in [0.4, 0.5) is 0 Å². The smallest absolute Gasteiger partial charge is 0.144 e. The van der Waals surface area contributed by atoms with E-state index in [1.54, 1.807) is 0 Å². The maximum Gasteiger partial charge on any atom is 0.144 e. The van der Waals surface area contributed by atoms with Gasteiger partial charge >= 0.3 is 0 Å². The third-order valence-corrected chi connectivity index (χ3v) is 13.2. The van der Waals surface area contributed by atoms with Crippen LogP contribution >= 0.6 is 0 Å². The molecule has 57 heavy (non-hydrogen) atoms. The Morgan fingerprint density at radius 2 is 1.42 bits per heavy atom. The minimum Gasteiger partial charge on any atom is -0.507 e. The van der Waals surface area contributed by atoms with Crippen molar-refractivity contribution in [3.8, 4) is 50.6 Å². The number of hydrogen-bond donors (Lipinski definition) is 1. The average molecular weight is 770 g/mol. The predicted octanol–water partition coefficient (Wildman–Crippen LogP) is 13.5. The molecule has 0 unspecified atom stereocenters. The van der Waals surface area contributed by atoms with E-state index in [-0.39, 0.29) is 10.8 Å². The standard InChI is InChI=1S/C51H55N3O2Si/c1-31(2)30-54-43-22-17-21-35(46(43)53-49(54)40-26-34(50(3,4)5)27-41(47(40)55)51(6,7)8)33-24-38-36-20-15-16-23-44(36)56-48(38)39(25-33)42-28-37(32-18-13-12-14-19-32)45(29-52-42)57(9,10)11/h12-29,31,55H,30H2,1-11H3. The van der Waals surface area contributed by atoms with Crippen LogP contribution < -0.4 is 5.19 Å². The topological polar surface area (TPSA) is 64.1 Å². The molecule has 0 aliphatic carbocycles. The first-order chi connectivity index (χ1) is 26.9. The lowest BCUT2D eigenvalue weighted by atomic mass is 9.79. The van der Waals surface area contributed by atoms with Gasteiger partial charge in [-0.2, -0.15) is 0 Å². The molecule has 0 amide bonds. The van der Waals surface area contributed by atoms with Crippen molar-refractivity contribution in [2.75, 3.05) is 0 Å². The van der Waals surface area contributed by atoms with Crippen molar-refractivity contribution in [3.05, 3.63) is 120 Å². The number of para-hydroxylation sites is 2. The van der Waals surface area contributed by atoms with Gasteiger partial charge in [0.1, 0.15) is 22.7 Å². The van der Waals surface area contributed by atoms with Crippen molar-refractivity contribution >= 4 is 46.2 Å². The molecule has 290 valence electrons. The molecule has 8 rings (SSSR count). The Kier molecular flexibility index (Phi) is 9.35. The Balaban J connectivity index is 1.42. The maximum atomic E-state index is 12.1. The fourth-order valence-electron chi connectivity index (χ4n) is 8.17. The third kappa shape index (κ3) is 6.99. The SMILES string of the molecule is CC(C)Cn1c(-c2cc(C(C)(C)C)cc(C(C)(C)C)c2O)nc2c(-c3cc(-c4cc(-c5ccccc5)c([Si](C)(C)C)cn4)c4oc5ccccc5c4c3)cccc21. The van der Waals surface area contributed by atoms with E-state index in [1.807, 2.05) is 12.1 Å². The highest BCUT2D eigenvalue weighted by Gasteiger charge is 2.29. The summed E-state index contributed by atoms with van der Waals surface area (Å²) in [5.41, 5.74) is 12.4. The van der Waals surface area contributed by atoms with E-state index in [2.05, 4.69) is 177 Å². The van der Waals surface area contributed by atoms with Gasteiger partial charge in [0, 0.05) is 40.2 Å². The van der Waals surface area contributed by atoms with Crippen LogP contribution in [-0.2, 0) is 17.4 Å². The van der Waals surface area contributed by atoms with E-state index < -0.39 is 8.07 Å². The molecule has 1 N–H and O–H groups in total. The normalized spacial score (nSPS) is 12.8. The number of aromatic hydroxyl groups is 1. The first-order valence-corrected chi connectivity index (χ1v) is 23.8. The molecule has 8 aromatic rings. The van der Waals surface area contributed by atoms with Gasteiger partial charge in [-0.25, -0.2) is 4.98 Å². The van der Waals surface area contributed by atoms with Gasteiger partial charge < -0.3 is 14.1 Å². The Labute approximate surface area is 338 Å². The van der Waals surface area contributed by atoms with Crippen LogP contribution in [0, 0.1) is 5.92 Å². The van der Waals surface area contributed by atoms with Crippen molar-refractivity contribution in [1.29, 1.82) is 0 Å². The molecule has 5 nitrogen and oxygen atoms in total. The summed E-state index contributed by atoms with van der Waals surface area (Å²) in [5.74, 6) is 1.43. The number of pyridine rings is 1. The Hall–Kier alpha value is -5.46. The van der Waals surface area contributed by atoms with E-state index in [9.17, 15) is 5.11 Å². The zero-order chi connectivity index (χ0) is 40.6. The molecule has 0 spiro atoms. The Morgan fingerprint density at radius 1 is 0.702 bits per heavy atom. The third-order valence-electron chi connectivity index (χ3n) is 11.2. The molecule has 0 aliphatic rings. The first kappa shape index (κ1) is 38.4. The van der Waals surface area contributed by atoms with Crippen molar-refractivity contribution in [1.82, 2.24) is 14.5 Å². The van der Waals surface area contributed by atoms with Crippen molar-refractivity contribution < 1.29 is 9.52 Å². The number of benzene rings is 5. The van der Waals surface area contributed by atoms with Gasteiger partial charge in [-0.3, -0.25) is 4.98 Å². The molecule has 0 atom stereocenters. The number of aromatic nitrogens is 3. The van der Waals surface area contributed by atoms with E-state index in [0.717, 1.165) is 78.9 Å². The molecule has 0 bridgehead atoms. The number of fused-ring (bicyclic) bond motifs is 4. The Morgan fingerprint density at radius 3 is 2.11 bits per heavy atom. The van der Waals surface area contributed by atoms with Gasteiger partial charge in [0.05, 0.1) is 30.4 Å². The van der Waals surface area contributed by atoms with Crippen LogP contribution in [0.2, 0.25) is 19.6 Å². The lowest BCUT2D eigenvalue weighted by Crippen LogP contribution is -2.39. The molecule has 3 heterocycles. The van der Waals surface area contributed by atoms with Gasteiger partial charge in [-0.1, -0.05) is 142 Å². The number of nitrogens with zero attached hydrogens (tertiary/aromatic N) is 3. The summed E-state index contributed by atoms with van der Waals surface area (Å²) in [7, 11) is -1.75. The highest BCUT2D eigenvalue weighted by atomic mass is 28.3. The average Bonchev–Trinajstić information content (AvgIpc) is 3.71. The van der Waals surface area contributed by atoms with Gasteiger partial charge in [0.15, 0.2) is 0 Å². The van der Waals surface area contributed by atoms with Crippen LogP contribution in [-0.4, -0.2) is 27.7 Å². The van der Waals surface area contributed by atoms with Crippen molar-refractivity contribution in [2.45, 2.75) is 92.4 Å². The zero-order valence-electron chi connectivity index (χ0n) is 35.4. The zero-order valence-corrected chi connectivity index (χ0v) is 36.4. The molecule has 0 fully saturated rings. The van der Waals surface area contributed by atoms with Gasteiger partial charge in [0.25, 0.3) is 0 Å². The number of phenols is 1. The summed E-state index contributed by atoms with van der Waals surface area (Å²) >= 11 is 0. The van der Waals surface area contributed by atoms with Crippen LogP contribution in [0.25, 0.3) is 77.9 Å². The van der Waals surface area contributed by atoms with Crippen LogP contribution in [0.5, 0.6) is 5.75 Å². The molecule has 0 saturated carbocycles. The van der Waals surface area contributed by atoms with Gasteiger partial charge in [0.2, 0.25) is 0 Å². The first-order valence-electron chi connectivity index (χ1n) is 20.3. The molecule has 0 radical (unpaired) electrons. The minimum absolute atomic E-state index is 0.122. The summed E-state index contributed by atoms with van der Waals surface area (Å²) in [6.45, 7) is 25.5. The number of furan rings is 1. The molecule has 5 aromatic carbocycles. The van der Waals surface area contributed by atoms with Crippen LogP contribution in [0.1, 0.15) is 66.5 Å². The van der Waals surface area contributed by atoms with E-state index in [4.69, 9.17) is 14.4 Å². The summed E-state index contributed by atoms with van der Waals surface area (Å²) in [4.78, 5) is 10.7. The molecule has 0 aliphatic heterocycles. The van der Waals surface area contributed by atoms with Crippen LogP contribution in [0.3, 0.4) is 0 Å². The van der Waals surface area contributed by atoms with Crippen molar-refractivity contribution in [2.24, 2.45) is 5.92 Å². The number of imidazole rings is 1. The number of phenolic OH excluding ortho intramolecular Hbond substituents is 1. The van der Waals surface area contributed by atoms with Crippen molar-refractivity contribution in [3.63, 3.8) is 0 Å². The maximum absolute atomic E-state index is 12.1. The molecule has 3 aromatic heterocycles. The van der Waals surface area contributed by atoms with E-state index in [0.29, 0.717) is 11.7 Å². The van der Waals surface area contributed by atoms with Gasteiger partial charge in [-0.15, -0.1) is 0 Å². The van der Waals surface area contributed by atoms with E-state index >= 15 is 0 Å². The van der Waals surface area contributed by atoms with Crippen LogP contribution in [0.15, 0.2) is 114 Å². The lowest BCUT2D eigenvalue weighted by Gasteiger charge is -2.27. The summed E-state index contributed by atoms with van der Waals surface area (Å²) in [6.07, 6.45) is 2.11. The van der Waals surface area contributed by atoms with Gasteiger partial charge in [-0.05, 0) is 80.6 Å². The number of hydrogen-bond acceptors (Lipinski definition) is 4. The fourth-order valence-corrected chi connectivity index (χ4v) is 9.65. The monoisotopic (exact) mass is 769 g/mol. The second-order valence-corrected chi connectivity index (χ2v) is 24.3. The molecular weight excluding hydrogens is 715 g/mol. The molecule has 6 heteroatoms. The highest BCUT2D eigenvalue weighted by Crippen LogP contribution is 2.45. The minimum atomic E-state index is -1.75. The summed E-state index contributed by atoms with van der Waals surface area (Å²) in [5, 5.41) is 15.5. The second-order valence-electron chi connectivity index (χ2n) is 19.3.